The van der Waals surface area contributed by atoms with E-state index in [-0.39, 0.29) is 5.91 Å². The Kier molecular flexibility index (Phi) is 6.78. The van der Waals surface area contributed by atoms with E-state index in [4.69, 9.17) is 4.74 Å². The number of pyridine rings is 1. The summed E-state index contributed by atoms with van der Waals surface area (Å²) in [5.41, 5.74) is 4.52. The standard InChI is InChI=1S/C18H21N3O2/c1-2-13-23-17-6-3-15(4-7-17)5-8-18(22)21-20-14-16-9-11-19-12-10-16/h3-4,6-7,9-12,14H,2,5,8,13H2,1H3,(H,21,22)/b20-14-. The molecule has 2 rings (SSSR count). The minimum atomic E-state index is -0.110. The van der Waals surface area contributed by atoms with Crippen LogP contribution >= 0.6 is 0 Å². The van der Waals surface area contributed by atoms with Crippen molar-refractivity contribution in [3.63, 3.8) is 0 Å². The van der Waals surface area contributed by atoms with E-state index in [2.05, 4.69) is 22.4 Å². The second-order valence-electron chi connectivity index (χ2n) is 5.07. The zero-order valence-electron chi connectivity index (χ0n) is 13.2. The first-order chi connectivity index (χ1) is 11.3. The molecule has 5 heteroatoms. The minimum Gasteiger partial charge on any atom is -0.494 e. The van der Waals surface area contributed by atoms with E-state index >= 15 is 0 Å². The molecule has 0 aliphatic rings. The lowest BCUT2D eigenvalue weighted by Gasteiger charge is -2.05. The molecule has 1 heterocycles. The molecular weight excluding hydrogens is 290 g/mol. The molecule has 0 radical (unpaired) electrons. The highest BCUT2D eigenvalue weighted by Gasteiger charge is 2.01. The van der Waals surface area contributed by atoms with Gasteiger partial charge < -0.3 is 4.74 Å². The molecule has 0 atom stereocenters. The van der Waals surface area contributed by atoms with Gasteiger partial charge in [-0.2, -0.15) is 5.10 Å². The summed E-state index contributed by atoms with van der Waals surface area (Å²) in [4.78, 5) is 15.7. The largest absolute Gasteiger partial charge is 0.494 e. The van der Waals surface area contributed by atoms with E-state index in [0.29, 0.717) is 12.8 Å². The van der Waals surface area contributed by atoms with Gasteiger partial charge in [0.05, 0.1) is 12.8 Å². The normalized spacial score (nSPS) is 10.7. The van der Waals surface area contributed by atoms with Gasteiger partial charge in [0.1, 0.15) is 5.75 Å². The summed E-state index contributed by atoms with van der Waals surface area (Å²) >= 11 is 0. The van der Waals surface area contributed by atoms with E-state index in [1.165, 1.54) is 0 Å². The van der Waals surface area contributed by atoms with Crippen molar-refractivity contribution in [1.29, 1.82) is 0 Å². The third kappa shape index (κ3) is 6.30. The maximum Gasteiger partial charge on any atom is 0.240 e. The molecule has 0 unspecified atom stereocenters. The predicted octanol–water partition coefficient (Wildman–Crippen LogP) is 2.95. The van der Waals surface area contributed by atoms with Crippen LogP contribution in [0.4, 0.5) is 0 Å². The van der Waals surface area contributed by atoms with Crippen LogP contribution in [0.3, 0.4) is 0 Å². The van der Waals surface area contributed by atoms with Gasteiger partial charge in [0.15, 0.2) is 0 Å². The molecular formula is C18H21N3O2. The first-order valence-electron chi connectivity index (χ1n) is 7.71. The summed E-state index contributed by atoms with van der Waals surface area (Å²) in [5.74, 6) is 0.753. The second-order valence-corrected chi connectivity index (χ2v) is 5.07. The van der Waals surface area contributed by atoms with E-state index < -0.39 is 0 Å². The van der Waals surface area contributed by atoms with Gasteiger partial charge in [0.25, 0.3) is 0 Å². The Balaban J connectivity index is 1.72. The van der Waals surface area contributed by atoms with Crippen LogP contribution in [-0.2, 0) is 11.2 Å². The van der Waals surface area contributed by atoms with Crippen molar-refractivity contribution < 1.29 is 9.53 Å². The third-order valence-corrected chi connectivity index (χ3v) is 3.15. The smallest absolute Gasteiger partial charge is 0.240 e. The molecule has 1 N–H and O–H groups in total. The minimum absolute atomic E-state index is 0.110. The summed E-state index contributed by atoms with van der Waals surface area (Å²) in [6, 6.07) is 11.5. The summed E-state index contributed by atoms with van der Waals surface area (Å²) in [5, 5.41) is 3.93. The average molecular weight is 311 g/mol. The van der Waals surface area contributed by atoms with E-state index in [0.717, 1.165) is 29.9 Å². The maximum atomic E-state index is 11.8. The Morgan fingerprint density at radius 2 is 1.96 bits per heavy atom. The van der Waals surface area contributed by atoms with Crippen molar-refractivity contribution in [3.8, 4) is 5.75 Å². The Morgan fingerprint density at radius 3 is 2.65 bits per heavy atom. The number of nitrogens with zero attached hydrogens (tertiary/aromatic N) is 2. The van der Waals surface area contributed by atoms with Crippen molar-refractivity contribution in [1.82, 2.24) is 10.4 Å². The lowest BCUT2D eigenvalue weighted by atomic mass is 10.1. The third-order valence-electron chi connectivity index (χ3n) is 3.15. The first-order valence-corrected chi connectivity index (χ1v) is 7.71. The van der Waals surface area contributed by atoms with Crippen LogP contribution in [-0.4, -0.2) is 23.7 Å². The summed E-state index contributed by atoms with van der Waals surface area (Å²) in [6.45, 7) is 2.79. The lowest BCUT2D eigenvalue weighted by Crippen LogP contribution is -2.17. The number of aromatic nitrogens is 1. The predicted molar refractivity (Wildman–Crippen MR) is 90.5 cm³/mol. The van der Waals surface area contributed by atoms with Gasteiger partial charge >= 0.3 is 0 Å². The fourth-order valence-electron chi connectivity index (χ4n) is 1.91. The number of benzene rings is 1. The molecule has 23 heavy (non-hydrogen) atoms. The highest BCUT2D eigenvalue weighted by atomic mass is 16.5. The lowest BCUT2D eigenvalue weighted by molar-refractivity contribution is -0.121. The number of aryl methyl sites for hydroxylation is 1. The molecule has 0 aliphatic heterocycles. The number of rotatable bonds is 8. The molecule has 120 valence electrons. The van der Waals surface area contributed by atoms with Crippen LogP contribution in [0.1, 0.15) is 30.9 Å². The van der Waals surface area contributed by atoms with Crippen molar-refractivity contribution in [2.24, 2.45) is 5.10 Å². The van der Waals surface area contributed by atoms with Crippen molar-refractivity contribution in [3.05, 3.63) is 59.9 Å². The summed E-state index contributed by atoms with van der Waals surface area (Å²) in [7, 11) is 0. The van der Waals surface area contributed by atoms with Gasteiger partial charge in [-0.25, -0.2) is 5.43 Å². The zero-order valence-corrected chi connectivity index (χ0v) is 13.2. The molecule has 0 saturated heterocycles. The Morgan fingerprint density at radius 1 is 1.22 bits per heavy atom. The van der Waals surface area contributed by atoms with Gasteiger partial charge in [-0.05, 0) is 48.2 Å². The monoisotopic (exact) mass is 311 g/mol. The SMILES string of the molecule is CCCOc1ccc(CCC(=O)N/N=C\c2ccncc2)cc1. The molecule has 2 aromatic rings. The zero-order chi connectivity index (χ0) is 16.3. The molecule has 1 aromatic heterocycles. The summed E-state index contributed by atoms with van der Waals surface area (Å²) < 4.78 is 5.53. The molecule has 0 aliphatic carbocycles. The fourth-order valence-corrected chi connectivity index (χ4v) is 1.91. The fraction of sp³-hybridized carbons (Fsp3) is 0.278. The quantitative estimate of drug-likeness (QED) is 0.602. The topological polar surface area (TPSA) is 63.6 Å². The van der Waals surface area contributed by atoms with E-state index in [1.807, 2.05) is 36.4 Å². The van der Waals surface area contributed by atoms with Crippen LogP contribution in [0.25, 0.3) is 0 Å². The van der Waals surface area contributed by atoms with Crippen molar-refractivity contribution in [2.75, 3.05) is 6.61 Å². The van der Waals surface area contributed by atoms with Crippen molar-refractivity contribution >= 4 is 12.1 Å². The number of hydrogen-bond acceptors (Lipinski definition) is 4. The number of hydrazone groups is 1. The number of carbonyl (C=O) groups excluding carboxylic acids is 1. The number of nitrogens with one attached hydrogen (secondary N) is 1. The number of hydrogen-bond donors (Lipinski definition) is 1. The average Bonchev–Trinajstić information content (AvgIpc) is 2.60. The van der Waals surface area contributed by atoms with E-state index in [1.54, 1.807) is 18.6 Å². The van der Waals surface area contributed by atoms with Gasteiger partial charge in [-0.1, -0.05) is 19.1 Å². The molecule has 0 spiro atoms. The Labute approximate surface area is 136 Å². The molecule has 0 bridgehead atoms. The van der Waals surface area contributed by atoms with Crippen molar-refractivity contribution in [2.45, 2.75) is 26.2 Å². The molecule has 1 aromatic carbocycles. The van der Waals surface area contributed by atoms with E-state index in [9.17, 15) is 4.79 Å². The highest BCUT2D eigenvalue weighted by molar-refractivity contribution is 5.82. The van der Waals surface area contributed by atoms with Gasteiger partial charge in [0.2, 0.25) is 5.91 Å². The van der Waals surface area contributed by atoms with Gasteiger partial charge in [-0.15, -0.1) is 0 Å². The molecule has 5 nitrogen and oxygen atoms in total. The van der Waals surface area contributed by atoms with Crippen LogP contribution in [0.2, 0.25) is 0 Å². The van der Waals surface area contributed by atoms with Crippen LogP contribution in [0.15, 0.2) is 53.9 Å². The number of ether oxygens (including phenoxy) is 1. The van der Waals surface area contributed by atoms with Crippen LogP contribution < -0.4 is 10.2 Å². The van der Waals surface area contributed by atoms with Crippen LogP contribution in [0, 0.1) is 0 Å². The Hall–Kier alpha value is -2.69. The molecule has 0 fully saturated rings. The molecule has 0 saturated carbocycles. The second kappa shape index (κ2) is 9.35. The number of carbonyl (C=O) groups is 1. The number of amides is 1. The van der Waals surface area contributed by atoms with Crippen LogP contribution in [0.5, 0.6) is 5.75 Å². The first kappa shape index (κ1) is 16.7. The highest BCUT2D eigenvalue weighted by Crippen LogP contribution is 2.13. The van der Waals surface area contributed by atoms with Gasteiger partial charge in [-0.3, -0.25) is 9.78 Å². The molecule has 1 amide bonds. The summed E-state index contributed by atoms with van der Waals surface area (Å²) in [6.07, 6.45) is 7.00. The Bertz CT molecular complexity index is 624. The van der Waals surface area contributed by atoms with Gasteiger partial charge in [0, 0.05) is 18.8 Å². The maximum absolute atomic E-state index is 11.8.